The molecule has 3 rings (SSSR count). The zero-order chi connectivity index (χ0) is 14.7. The van der Waals surface area contributed by atoms with Gasteiger partial charge in [0, 0.05) is 6.42 Å². The molecule has 0 spiro atoms. The fourth-order valence-corrected chi connectivity index (χ4v) is 2.68. The molecule has 1 amide bonds. The fourth-order valence-electron chi connectivity index (χ4n) is 2.68. The molecular formula is C19H19NO. The van der Waals surface area contributed by atoms with E-state index in [0.717, 1.165) is 35.3 Å². The van der Waals surface area contributed by atoms with Gasteiger partial charge in [-0.05, 0) is 29.7 Å². The SMILES string of the molecule is CCCCC(=O)N1c2ccccc2C=Cc2ccccc21. The molecule has 106 valence electrons. The van der Waals surface area contributed by atoms with Gasteiger partial charge < -0.3 is 0 Å². The molecule has 0 aliphatic carbocycles. The normalized spacial score (nSPS) is 12.5. The Morgan fingerprint density at radius 3 is 1.95 bits per heavy atom. The molecule has 2 aromatic rings. The summed E-state index contributed by atoms with van der Waals surface area (Å²) in [4.78, 5) is 14.6. The Morgan fingerprint density at radius 2 is 1.43 bits per heavy atom. The number of fused-ring (bicyclic) bond motifs is 2. The Morgan fingerprint density at radius 1 is 0.905 bits per heavy atom. The zero-order valence-electron chi connectivity index (χ0n) is 12.3. The van der Waals surface area contributed by atoms with Crippen molar-refractivity contribution in [2.45, 2.75) is 26.2 Å². The van der Waals surface area contributed by atoms with E-state index >= 15 is 0 Å². The molecule has 2 aromatic carbocycles. The van der Waals surface area contributed by atoms with Gasteiger partial charge in [-0.25, -0.2) is 0 Å². The van der Waals surface area contributed by atoms with Crippen LogP contribution in [-0.4, -0.2) is 5.91 Å². The lowest BCUT2D eigenvalue weighted by molar-refractivity contribution is -0.118. The standard InChI is InChI=1S/C19H19NO/c1-2-3-12-19(21)20-17-10-6-4-8-15(17)13-14-16-9-5-7-11-18(16)20/h4-11,13-14H,2-3,12H2,1H3. The summed E-state index contributed by atoms with van der Waals surface area (Å²) in [5, 5.41) is 0. The summed E-state index contributed by atoms with van der Waals surface area (Å²) >= 11 is 0. The van der Waals surface area contributed by atoms with Gasteiger partial charge in [0.25, 0.3) is 0 Å². The van der Waals surface area contributed by atoms with Gasteiger partial charge in [-0.1, -0.05) is 61.9 Å². The number of carbonyl (C=O) groups excluding carboxylic acids is 1. The second kappa shape index (κ2) is 5.96. The number of rotatable bonds is 3. The molecule has 0 saturated heterocycles. The Hall–Kier alpha value is -2.35. The van der Waals surface area contributed by atoms with E-state index in [0.29, 0.717) is 6.42 Å². The number of hydrogen-bond donors (Lipinski definition) is 0. The largest absolute Gasteiger partial charge is 0.280 e. The molecule has 1 aliphatic heterocycles. The van der Waals surface area contributed by atoms with Gasteiger partial charge in [-0.2, -0.15) is 0 Å². The highest BCUT2D eigenvalue weighted by molar-refractivity contribution is 6.06. The van der Waals surface area contributed by atoms with E-state index in [1.165, 1.54) is 0 Å². The number of hydrogen-bond acceptors (Lipinski definition) is 1. The molecule has 0 atom stereocenters. The van der Waals surface area contributed by atoms with Crippen LogP contribution in [-0.2, 0) is 4.79 Å². The van der Waals surface area contributed by atoms with Crippen LogP contribution in [0.1, 0.15) is 37.3 Å². The molecule has 2 nitrogen and oxygen atoms in total. The molecule has 0 radical (unpaired) electrons. The van der Waals surface area contributed by atoms with E-state index in [-0.39, 0.29) is 5.91 Å². The summed E-state index contributed by atoms with van der Waals surface area (Å²) in [6.07, 6.45) is 6.70. The van der Waals surface area contributed by atoms with Crippen LogP contribution in [0.3, 0.4) is 0 Å². The maximum absolute atomic E-state index is 12.7. The van der Waals surface area contributed by atoms with Crippen LogP contribution in [0.2, 0.25) is 0 Å². The van der Waals surface area contributed by atoms with E-state index in [1.807, 2.05) is 41.3 Å². The molecule has 0 bridgehead atoms. The first kappa shape index (κ1) is 13.6. The van der Waals surface area contributed by atoms with Gasteiger partial charge in [-0.3, -0.25) is 9.69 Å². The third kappa shape index (κ3) is 2.62. The summed E-state index contributed by atoms with van der Waals surface area (Å²) in [7, 11) is 0. The average Bonchev–Trinajstić information content (AvgIpc) is 2.69. The van der Waals surface area contributed by atoms with Crippen LogP contribution in [0, 0.1) is 0 Å². The van der Waals surface area contributed by atoms with E-state index < -0.39 is 0 Å². The molecule has 1 heterocycles. The molecule has 0 aromatic heterocycles. The molecule has 0 fully saturated rings. The zero-order valence-corrected chi connectivity index (χ0v) is 12.3. The van der Waals surface area contributed by atoms with Crippen LogP contribution in [0.5, 0.6) is 0 Å². The fraction of sp³-hybridized carbons (Fsp3) is 0.211. The van der Waals surface area contributed by atoms with Crippen LogP contribution in [0.25, 0.3) is 12.2 Å². The highest BCUT2D eigenvalue weighted by Gasteiger charge is 2.22. The van der Waals surface area contributed by atoms with Crippen LogP contribution in [0.4, 0.5) is 11.4 Å². The summed E-state index contributed by atoms with van der Waals surface area (Å²) in [5.41, 5.74) is 4.11. The van der Waals surface area contributed by atoms with Crippen molar-refractivity contribution in [3.05, 3.63) is 59.7 Å². The van der Waals surface area contributed by atoms with Crippen molar-refractivity contribution in [3.8, 4) is 0 Å². The predicted octanol–water partition coefficient (Wildman–Crippen LogP) is 5.03. The number of benzene rings is 2. The van der Waals surface area contributed by atoms with Crippen molar-refractivity contribution < 1.29 is 4.79 Å². The molecule has 2 heteroatoms. The number of amides is 1. The van der Waals surface area contributed by atoms with E-state index in [9.17, 15) is 4.79 Å². The lowest BCUT2D eigenvalue weighted by Gasteiger charge is -2.25. The van der Waals surface area contributed by atoms with Gasteiger partial charge in [0.1, 0.15) is 0 Å². The smallest absolute Gasteiger partial charge is 0.231 e. The average molecular weight is 277 g/mol. The molecule has 0 unspecified atom stereocenters. The van der Waals surface area contributed by atoms with Crippen molar-refractivity contribution >= 4 is 29.4 Å². The Balaban J connectivity index is 2.12. The number of carbonyl (C=O) groups is 1. The number of nitrogens with zero attached hydrogens (tertiary/aromatic N) is 1. The van der Waals surface area contributed by atoms with Gasteiger partial charge in [0.2, 0.25) is 5.91 Å². The van der Waals surface area contributed by atoms with Crippen LogP contribution in [0.15, 0.2) is 48.5 Å². The summed E-state index contributed by atoms with van der Waals surface area (Å²) in [6.45, 7) is 2.11. The first-order valence-electron chi connectivity index (χ1n) is 7.50. The first-order chi connectivity index (χ1) is 10.3. The Kier molecular flexibility index (Phi) is 3.87. The maximum Gasteiger partial charge on any atom is 0.231 e. The lowest BCUT2D eigenvalue weighted by atomic mass is 10.1. The Bertz CT molecular complexity index is 638. The predicted molar refractivity (Wildman–Crippen MR) is 88.5 cm³/mol. The third-order valence-corrected chi connectivity index (χ3v) is 3.79. The lowest BCUT2D eigenvalue weighted by Crippen LogP contribution is -2.26. The highest BCUT2D eigenvalue weighted by atomic mass is 16.2. The molecule has 0 N–H and O–H groups in total. The van der Waals surface area contributed by atoms with E-state index in [2.05, 4.69) is 31.2 Å². The number of anilines is 2. The van der Waals surface area contributed by atoms with Crippen molar-refractivity contribution in [3.63, 3.8) is 0 Å². The van der Waals surface area contributed by atoms with E-state index in [4.69, 9.17) is 0 Å². The maximum atomic E-state index is 12.7. The highest BCUT2D eigenvalue weighted by Crippen LogP contribution is 2.36. The number of unbranched alkanes of at least 4 members (excludes halogenated alkanes) is 1. The molecular weight excluding hydrogens is 258 g/mol. The third-order valence-electron chi connectivity index (χ3n) is 3.79. The van der Waals surface area contributed by atoms with Crippen molar-refractivity contribution in [1.82, 2.24) is 0 Å². The van der Waals surface area contributed by atoms with Crippen molar-refractivity contribution in [2.24, 2.45) is 0 Å². The van der Waals surface area contributed by atoms with Crippen LogP contribution < -0.4 is 4.90 Å². The summed E-state index contributed by atoms with van der Waals surface area (Å²) < 4.78 is 0. The quantitative estimate of drug-likeness (QED) is 0.771. The van der Waals surface area contributed by atoms with Gasteiger partial charge in [0.05, 0.1) is 11.4 Å². The second-order valence-electron chi connectivity index (χ2n) is 5.28. The van der Waals surface area contributed by atoms with Gasteiger partial charge in [-0.15, -0.1) is 0 Å². The topological polar surface area (TPSA) is 20.3 Å². The minimum atomic E-state index is 0.167. The minimum absolute atomic E-state index is 0.167. The van der Waals surface area contributed by atoms with Crippen molar-refractivity contribution in [2.75, 3.05) is 4.90 Å². The summed E-state index contributed by atoms with van der Waals surface area (Å²) in [5.74, 6) is 0.167. The minimum Gasteiger partial charge on any atom is -0.280 e. The Labute approximate surface area is 125 Å². The summed E-state index contributed by atoms with van der Waals surface area (Å²) in [6, 6.07) is 16.1. The van der Waals surface area contributed by atoms with Crippen molar-refractivity contribution in [1.29, 1.82) is 0 Å². The molecule has 0 saturated carbocycles. The second-order valence-corrected chi connectivity index (χ2v) is 5.28. The monoisotopic (exact) mass is 277 g/mol. The van der Waals surface area contributed by atoms with Gasteiger partial charge >= 0.3 is 0 Å². The number of para-hydroxylation sites is 2. The van der Waals surface area contributed by atoms with E-state index in [1.54, 1.807) is 0 Å². The van der Waals surface area contributed by atoms with Gasteiger partial charge in [0.15, 0.2) is 0 Å². The molecule has 1 aliphatic rings. The van der Waals surface area contributed by atoms with Crippen LogP contribution >= 0.6 is 0 Å². The first-order valence-corrected chi connectivity index (χ1v) is 7.50. The molecule has 21 heavy (non-hydrogen) atoms.